The fraction of sp³-hybridized carbons (Fsp3) is 0.545. The minimum Gasteiger partial charge on any atom is -0.479 e. The van der Waals surface area contributed by atoms with Crippen molar-refractivity contribution >= 4 is 17.4 Å². The average molecular weight is 253 g/mol. The normalized spacial score (nSPS) is 9.94. The lowest BCUT2D eigenvalue weighted by molar-refractivity contribution is -0.119. The van der Waals surface area contributed by atoms with Crippen LogP contribution in [0.1, 0.15) is 13.3 Å². The molecule has 0 saturated heterocycles. The van der Waals surface area contributed by atoms with Gasteiger partial charge in [-0.25, -0.2) is 4.98 Å². The summed E-state index contributed by atoms with van der Waals surface area (Å²) in [6.07, 6.45) is 2.25. The Labute approximate surface area is 106 Å². The van der Waals surface area contributed by atoms with Gasteiger partial charge in [-0.15, -0.1) is 0 Å². The molecule has 7 nitrogen and oxygen atoms in total. The maximum absolute atomic E-state index is 11.5. The molecule has 0 aliphatic carbocycles. The third kappa shape index (κ3) is 3.22. The molecule has 7 heteroatoms. The molecule has 0 aromatic carbocycles. The van der Waals surface area contributed by atoms with Crippen LogP contribution >= 0.6 is 0 Å². The van der Waals surface area contributed by atoms with Crippen LogP contribution in [0.2, 0.25) is 0 Å². The Morgan fingerprint density at radius 1 is 1.56 bits per heavy atom. The number of likely N-dealkylation sites (N-methyl/N-ethyl adjacent to an activating group) is 1. The van der Waals surface area contributed by atoms with Crippen LogP contribution in [0, 0.1) is 0 Å². The number of carbonyl (C=O) groups is 1. The van der Waals surface area contributed by atoms with E-state index in [4.69, 9.17) is 10.5 Å². The van der Waals surface area contributed by atoms with Crippen molar-refractivity contribution in [2.45, 2.75) is 13.3 Å². The molecule has 3 N–H and O–H groups in total. The van der Waals surface area contributed by atoms with Gasteiger partial charge >= 0.3 is 0 Å². The Morgan fingerprint density at radius 3 is 2.83 bits per heavy atom. The maximum Gasteiger partial charge on any atom is 0.242 e. The molecule has 0 aliphatic heterocycles. The summed E-state index contributed by atoms with van der Waals surface area (Å²) < 4.78 is 5.04. The van der Waals surface area contributed by atoms with Gasteiger partial charge in [0.1, 0.15) is 12.0 Å². The molecule has 1 aromatic rings. The fourth-order valence-corrected chi connectivity index (χ4v) is 1.57. The minimum absolute atomic E-state index is 0.0968. The Hall–Kier alpha value is -2.05. The molecule has 1 aromatic heterocycles. The first-order valence-electron chi connectivity index (χ1n) is 5.74. The van der Waals surface area contributed by atoms with E-state index in [1.165, 1.54) is 13.4 Å². The molecule has 1 heterocycles. The van der Waals surface area contributed by atoms with E-state index in [1.807, 2.05) is 6.92 Å². The van der Waals surface area contributed by atoms with E-state index in [1.54, 1.807) is 11.9 Å². The Kier molecular flexibility index (Phi) is 5.16. The molecule has 1 amide bonds. The zero-order chi connectivity index (χ0) is 13.5. The van der Waals surface area contributed by atoms with Crippen LogP contribution in [0.3, 0.4) is 0 Å². The summed E-state index contributed by atoms with van der Waals surface area (Å²) in [5.41, 5.74) is 6.26. The summed E-state index contributed by atoms with van der Waals surface area (Å²) in [5, 5.41) is 2.58. The van der Waals surface area contributed by atoms with Crippen LogP contribution in [0.5, 0.6) is 5.88 Å². The van der Waals surface area contributed by atoms with Crippen LogP contribution < -0.4 is 20.7 Å². The SMILES string of the molecule is CCCN(CC(=O)NC)c1ncnc(OC)c1N. The Balaban J connectivity index is 3.01. The molecule has 0 saturated carbocycles. The van der Waals surface area contributed by atoms with E-state index in [0.29, 0.717) is 23.9 Å². The number of amides is 1. The van der Waals surface area contributed by atoms with Gasteiger partial charge in [-0.2, -0.15) is 4.98 Å². The highest BCUT2D eigenvalue weighted by atomic mass is 16.5. The standard InChI is InChI=1S/C11H19N5O2/c1-4-5-16(6-8(17)13-2)10-9(12)11(18-3)15-7-14-10/h7H,4-6,12H2,1-3H3,(H,13,17). The molecular weight excluding hydrogens is 234 g/mol. The predicted octanol–water partition coefficient (Wildman–Crippen LogP) is 0.0298. The number of ether oxygens (including phenoxy) is 1. The van der Waals surface area contributed by atoms with Gasteiger partial charge in [0.2, 0.25) is 11.8 Å². The summed E-state index contributed by atoms with van der Waals surface area (Å²) in [5.74, 6) is 0.741. The van der Waals surface area contributed by atoms with Gasteiger partial charge < -0.3 is 20.7 Å². The molecule has 0 atom stereocenters. The first kappa shape index (κ1) is 14.0. The second kappa shape index (κ2) is 6.63. The van der Waals surface area contributed by atoms with Crippen LogP contribution in [-0.4, -0.2) is 43.1 Å². The van der Waals surface area contributed by atoms with Crippen molar-refractivity contribution in [1.29, 1.82) is 0 Å². The molecule has 0 radical (unpaired) electrons. The van der Waals surface area contributed by atoms with Crippen LogP contribution in [0.4, 0.5) is 11.5 Å². The number of hydrogen-bond donors (Lipinski definition) is 2. The number of anilines is 2. The van der Waals surface area contributed by atoms with E-state index in [0.717, 1.165) is 6.42 Å². The largest absolute Gasteiger partial charge is 0.479 e. The van der Waals surface area contributed by atoms with Crippen molar-refractivity contribution in [2.24, 2.45) is 0 Å². The van der Waals surface area contributed by atoms with E-state index in [-0.39, 0.29) is 12.5 Å². The van der Waals surface area contributed by atoms with E-state index in [2.05, 4.69) is 15.3 Å². The van der Waals surface area contributed by atoms with Gasteiger partial charge in [0.15, 0.2) is 5.82 Å². The number of methoxy groups -OCH3 is 1. The highest BCUT2D eigenvalue weighted by Crippen LogP contribution is 2.27. The second-order valence-corrected chi connectivity index (χ2v) is 3.71. The predicted molar refractivity (Wildman–Crippen MR) is 69.6 cm³/mol. The van der Waals surface area contributed by atoms with Gasteiger partial charge in [-0.1, -0.05) is 6.92 Å². The Bertz CT molecular complexity index is 410. The minimum atomic E-state index is -0.0968. The van der Waals surface area contributed by atoms with Crippen LogP contribution in [-0.2, 0) is 4.79 Å². The monoisotopic (exact) mass is 253 g/mol. The molecule has 0 unspecified atom stereocenters. The third-order valence-electron chi connectivity index (χ3n) is 2.43. The van der Waals surface area contributed by atoms with Crippen molar-refractivity contribution in [3.8, 4) is 5.88 Å². The number of nitrogens with one attached hydrogen (secondary N) is 1. The third-order valence-corrected chi connectivity index (χ3v) is 2.43. The number of rotatable bonds is 6. The summed E-state index contributed by atoms with van der Waals surface area (Å²) in [6, 6.07) is 0. The number of carbonyl (C=O) groups excluding carboxylic acids is 1. The lowest BCUT2D eigenvalue weighted by Crippen LogP contribution is -2.37. The molecule has 0 spiro atoms. The molecule has 0 aliphatic rings. The number of nitrogens with zero attached hydrogens (tertiary/aromatic N) is 3. The highest BCUT2D eigenvalue weighted by Gasteiger charge is 2.17. The van der Waals surface area contributed by atoms with Crippen LogP contribution in [0.25, 0.3) is 0 Å². The quantitative estimate of drug-likeness (QED) is 0.743. The Morgan fingerprint density at radius 2 is 2.28 bits per heavy atom. The number of aromatic nitrogens is 2. The van der Waals surface area contributed by atoms with E-state index < -0.39 is 0 Å². The number of nitrogen functional groups attached to an aromatic ring is 1. The zero-order valence-corrected chi connectivity index (χ0v) is 10.9. The van der Waals surface area contributed by atoms with E-state index in [9.17, 15) is 4.79 Å². The number of nitrogens with two attached hydrogens (primary N) is 1. The summed E-state index contributed by atoms with van der Waals surface area (Å²) in [6.45, 7) is 2.90. The molecule has 1 rings (SSSR count). The van der Waals surface area contributed by atoms with Crippen LogP contribution in [0.15, 0.2) is 6.33 Å². The van der Waals surface area contributed by atoms with Crippen molar-refractivity contribution in [3.05, 3.63) is 6.33 Å². The lowest BCUT2D eigenvalue weighted by Gasteiger charge is -2.23. The summed E-state index contributed by atoms with van der Waals surface area (Å²) >= 11 is 0. The molecular formula is C11H19N5O2. The fourth-order valence-electron chi connectivity index (χ4n) is 1.57. The molecule has 18 heavy (non-hydrogen) atoms. The van der Waals surface area contributed by atoms with Gasteiger partial charge in [-0.3, -0.25) is 4.79 Å². The zero-order valence-electron chi connectivity index (χ0n) is 10.9. The number of hydrogen-bond acceptors (Lipinski definition) is 6. The summed E-state index contributed by atoms with van der Waals surface area (Å²) in [7, 11) is 3.09. The van der Waals surface area contributed by atoms with Crippen molar-refractivity contribution in [2.75, 3.05) is 37.9 Å². The maximum atomic E-state index is 11.5. The first-order valence-corrected chi connectivity index (χ1v) is 5.74. The van der Waals surface area contributed by atoms with Crippen molar-refractivity contribution in [3.63, 3.8) is 0 Å². The van der Waals surface area contributed by atoms with Gasteiger partial charge in [0.05, 0.1) is 13.7 Å². The van der Waals surface area contributed by atoms with Crippen molar-refractivity contribution in [1.82, 2.24) is 15.3 Å². The van der Waals surface area contributed by atoms with Crippen molar-refractivity contribution < 1.29 is 9.53 Å². The van der Waals surface area contributed by atoms with Gasteiger partial charge in [-0.05, 0) is 6.42 Å². The first-order chi connectivity index (χ1) is 8.63. The molecule has 0 fully saturated rings. The second-order valence-electron chi connectivity index (χ2n) is 3.71. The topological polar surface area (TPSA) is 93.4 Å². The molecule has 0 bridgehead atoms. The molecule has 100 valence electrons. The summed E-state index contributed by atoms with van der Waals surface area (Å²) in [4.78, 5) is 21.3. The average Bonchev–Trinajstić information content (AvgIpc) is 2.38. The smallest absolute Gasteiger partial charge is 0.242 e. The lowest BCUT2D eigenvalue weighted by atomic mass is 10.3. The highest BCUT2D eigenvalue weighted by molar-refractivity contribution is 5.82. The van der Waals surface area contributed by atoms with E-state index >= 15 is 0 Å². The van der Waals surface area contributed by atoms with Gasteiger partial charge in [0, 0.05) is 13.6 Å². The van der Waals surface area contributed by atoms with Gasteiger partial charge in [0.25, 0.3) is 0 Å².